The van der Waals surface area contributed by atoms with Gasteiger partial charge in [-0.25, -0.2) is 4.79 Å². The molecule has 4 rings (SSSR count). The van der Waals surface area contributed by atoms with Crippen LogP contribution in [0.2, 0.25) is 0 Å². The van der Waals surface area contributed by atoms with Crippen molar-refractivity contribution in [2.24, 2.45) is 0 Å². The number of imide groups is 1. The van der Waals surface area contributed by atoms with Gasteiger partial charge in [-0.15, -0.1) is 0 Å². The maximum absolute atomic E-state index is 13.0. The molecule has 2 aromatic rings. The van der Waals surface area contributed by atoms with Crippen LogP contribution >= 0.6 is 0 Å². The highest BCUT2D eigenvalue weighted by molar-refractivity contribution is 6.11. The maximum Gasteiger partial charge on any atom is 0.325 e. The standard InChI is InChI=1S/C21H20N2O6/c1-3-27-15-7-4-13(5-8-15)16(24)11-23-19(25)21(2,22-20(23)26)14-6-9-17-18(10-14)29-12-28-17/h4-10H,3,11-12H2,1-2H3,(H,22,26)/t21-/m1/s1. The number of amides is 3. The minimum atomic E-state index is -1.29. The Morgan fingerprint density at radius 3 is 2.59 bits per heavy atom. The topological polar surface area (TPSA) is 94.2 Å². The Morgan fingerprint density at radius 1 is 1.14 bits per heavy atom. The molecular formula is C21H20N2O6. The largest absolute Gasteiger partial charge is 0.494 e. The van der Waals surface area contributed by atoms with Gasteiger partial charge in [-0.05, 0) is 55.8 Å². The number of nitrogens with one attached hydrogen (secondary N) is 1. The Labute approximate surface area is 167 Å². The van der Waals surface area contributed by atoms with Crippen molar-refractivity contribution < 1.29 is 28.6 Å². The van der Waals surface area contributed by atoms with Crippen LogP contribution in [0.25, 0.3) is 0 Å². The summed E-state index contributed by atoms with van der Waals surface area (Å²) in [5, 5.41) is 2.69. The van der Waals surface area contributed by atoms with Gasteiger partial charge in [0.15, 0.2) is 17.3 Å². The Hall–Kier alpha value is -3.55. The number of hydrogen-bond acceptors (Lipinski definition) is 6. The molecule has 8 nitrogen and oxygen atoms in total. The van der Waals surface area contributed by atoms with Crippen molar-refractivity contribution in [3.8, 4) is 17.2 Å². The van der Waals surface area contributed by atoms with Crippen LogP contribution in [0.3, 0.4) is 0 Å². The summed E-state index contributed by atoms with van der Waals surface area (Å²) >= 11 is 0. The molecule has 2 heterocycles. The number of Topliss-reactive ketones (excluding diaryl/α,β-unsaturated/α-hetero) is 1. The van der Waals surface area contributed by atoms with E-state index in [2.05, 4.69) is 5.32 Å². The van der Waals surface area contributed by atoms with Gasteiger partial charge in [-0.3, -0.25) is 14.5 Å². The molecule has 0 saturated carbocycles. The van der Waals surface area contributed by atoms with Gasteiger partial charge < -0.3 is 19.5 Å². The number of nitrogens with zero attached hydrogens (tertiary/aromatic N) is 1. The molecule has 29 heavy (non-hydrogen) atoms. The number of ketones is 1. The smallest absolute Gasteiger partial charge is 0.325 e. The molecule has 2 aromatic carbocycles. The number of benzene rings is 2. The molecule has 1 saturated heterocycles. The van der Waals surface area contributed by atoms with Crippen LogP contribution in [0.4, 0.5) is 4.79 Å². The van der Waals surface area contributed by atoms with Crippen LogP contribution in [0.15, 0.2) is 42.5 Å². The minimum absolute atomic E-state index is 0.110. The number of carbonyl (C=O) groups excluding carboxylic acids is 3. The molecule has 1 N–H and O–H groups in total. The SMILES string of the molecule is CCOc1ccc(C(=O)CN2C(=O)N[C@](C)(c3ccc4c(c3)OCO4)C2=O)cc1. The molecule has 0 radical (unpaired) electrons. The maximum atomic E-state index is 13.0. The summed E-state index contributed by atoms with van der Waals surface area (Å²) in [6.07, 6.45) is 0. The molecule has 0 bridgehead atoms. The lowest BCUT2D eigenvalue weighted by molar-refractivity contribution is -0.130. The quantitative estimate of drug-likeness (QED) is 0.596. The zero-order valence-electron chi connectivity index (χ0n) is 16.1. The predicted octanol–water partition coefficient (Wildman–Crippen LogP) is 2.46. The lowest BCUT2D eigenvalue weighted by atomic mass is 9.91. The molecule has 8 heteroatoms. The number of fused-ring (bicyclic) bond motifs is 1. The number of carbonyl (C=O) groups is 3. The van der Waals surface area contributed by atoms with Crippen molar-refractivity contribution in [3.05, 3.63) is 53.6 Å². The first-order valence-electron chi connectivity index (χ1n) is 9.22. The molecule has 2 aliphatic heterocycles. The highest BCUT2D eigenvalue weighted by atomic mass is 16.7. The van der Waals surface area contributed by atoms with Crippen LogP contribution < -0.4 is 19.5 Å². The van der Waals surface area contributed by atoms with E-state index in [-0.39, 0.29) is 19.1 Å². The van der Waals surface area contributed by atoms with Crippen molar-refractivity contribution in [2.45, 2.75) is 19.4 Å². The van der Waals surface area contributed by atoms with Gasteiger partial charge >= 0.3 is 6.03 Å². The van der Waals surface area contributed by atoms with E-state index >= 15 is 0 Å². The van der Waals surface area contributed by atoms with Gasteiger partial charge in [-0.2, -0.15) is 0 Å². The minimum Gasteiger partial charge on any atom is -0.494 e. The van der Waals surface area contributed by atoms with Crippen LogP contribution in [0.5, 0.6) is 17.2 Å². The average molecular weight is 396 g/mol. The molecule has 1 fully saturated rings. The highest BCUT2D eigenvalue weighted by Gasteiger charge is 2.49. The molecule has 2 aliphatic rings. The molecule has 0 spiro atoms. The van der Waals surface area contributed by atoms with Crippen molar-refractivity contribution in [2.75, 3.05) is 19.9 Å². The van der Waals surface area contributed by atoms with E-state index in [9.17, 15) is 14.4 Å². The first kappa shape index (κ1) is 18.8. The van der Waals surface area contributed by atoms with E-state index in [0.717, 1.165) is 4.90 Å². The number of hydrogen-bond donors (Lipinski definition) is 1. The molecule has 3 amide bonds. The van der Waals surface area contributed by atoms with E-state index in [0.29, 0.717) is 35.0 Å². The fraction of sp³-hybridized carbons (Fsp3) is 0.286. The predicted molar refractivity (Wildman–Crippen MR) is 102 cm³/mol. The summed E-state index contributed by atoms with van der Waals surface area (Å²) in [7, 11) is 0. The third-order valence-corrected chi connectivity index (χ3v) is 5.01. The Balaban J connectivity index is 1.52. The van der Waals surface area contributed by atoms with E-state index in [1.54, 1.807) is 49.4 Å². The van der Waals surface area contributed by atoms with Crippen LogP contribution in [-0.2, 0) is 10.3 Å². The third kappa shape index (κ3) is 3.26. The fourth-order valence-electron chi connectivity index (χ4n) is 3.38. The number of ether oxygens (including phenoxy) is 3. The lowest BCUT2D eigenvalue weighted by Crippen LogP contribution is -2.41. The zero-order valence-corrected chi connectivity index (χ0v) is 16.1. The van der Waals surface area contributed by atoms with E-state index in [1.807, 2.05) is 6.92 Å². The monoisotopic (exact) mass is 396 g/mol. The summed E-state index contributed by atoms with van der Waals surface area (Å²) in [6.45, 7) is 3.76. The third-order valence-electron chi connectivity index (χ3n) is 5.01. The number of rotatable bonds is 6. The fourth-order valence-corrected chi connectivity index (χ4v) is 3.38. The van der Waals surface area contributed by atoms with Gasteiger partial charge in [0.1, 0.15) is 11.3 Å². The number of urea groups is 1. The van der Waals surface area contributed by atoms with Crippen LogP contribution in [-0.4, -0.2) is 42.6 Å². The molecule has 0 aliphatic carbocycles. The Bertz CT molecular complexity index is 987. The summed E-state index contributed by atoms with van der Waals surface area (Å²) in [5.74, 6) is 0.896. The first-order chi connectivity index (χ1) is 13.9. The summed E-state index contributed by atoms with van der Waals surface area (Å²) < 4.78 is 16.0. The lowest BCUT2D eigenvalue weighted by Gasteiger charge is -2.22. The average Bonchev–Trinajstić information content (AvgIpc) is 3.27. The van der Waals surface area contributed by atoms with E-state index < -0.39 is 17.5 Å². The van der Waals surface area contributed by atoms with Crippen molar-refractivity contribution >= 4 is 17.7 Å². The first-order valence-corrected chi connectivity index (χ1v) is 9.22. The Morgan fingerprint density at radius 2 is 1.86 bits per heavy atom. The second-order valence-corrected chi connectivity index (χ2v) is 6.90. The van der Waals surface area contributed by atoms with Gasteiger partial charge in [0.25, 0.3) is 5.91 Å². The van der Waals surface area contributed by atoms with Crippen molar-refractivity contribution in [3.63, 3.8) is 0 Å². The second-order valence-electron chi connectivity index (χ2n) is 6.90. The van der Waals surface area contributed by atoms with Gasteiger partial charge in [0.05, 0.1) is 13.2 Å². The van der Waals surface area contributed by atoms with Crippen LogP contribution in [0.1, 0.15) is 29.8 Å². The van der Waals surface area contributed by atoms with E-state index in [1.165, 1.54) is 0 Å². The van der Waals surface area contributed by atoms with Crippen molar-refractivity contribution in [1.82, 2.24) is 10.2 Å². The van der Waals surface area contributed by atoms with Crippen molar-refractivity contribution in [1.29, 1.82) is 0 Å². The zero-order chi connectivity index (χ0) is 20.6. The van der Waals surface area contributed by atoms with Gasteiger partial charge in [0.2, 0.25) is 6.79 Å². The molecular weight excluding hydrogens is 376 g/mol. The Kier molecular flexibility index (Phi) is 4.62. The highest BCUT2D eigenvalue weighted by Crippen LogP contribution is 2.37. The van der Waals surface area contributed by atoms with Gasteiger partial charge in [0, 0.05) is 5.56 Å². The molecule has 150 valence electrons. The summed E-state index contributed by atoms with van der Waals surface area (Å²) in [6, 6.07) is 11.0. The van der Waals surface area contributed by atoms with E-state index in [4.69, 9.17) is 14.2 Å². The summed E-state index contributed by atoms with van der Waals surface area (Å²) in [5.41, 5.74) is -0.348. The molecule has 0 unspecified atom stereocenters. The van der Waals surface area contributed by atoms with Gasteiger partial charge in [-0.1, -0.05) is 6.07 Å². The molecule has 1 atom stereocenters. The normalized spacial score (nSPS) is 20.0. The molecule has 0 aromatic heterocycles. The van der Waals surface area contributed by atoms with Crippen LogP contribution in [0, 0.1) is 0 Å². The second kappa shape index (κ2) is 7.12. The summed E-state index contributed by atoms with van der Waals surface area (Å²) in [4.78, 5) is 39.1.